The summed E-state index contributed by atoms with van der Waals surface area (Å²) < 4.78 is 0. The number of carbonyl (C=O) groups excluding carboxylic acids is 1. The van der Waals surface area contributed by atoms with Crippen LogP contribution in [0.15, 0.2) is 0 Å². The van der Waals surface area contributed by atoms with Gasteiger partial charge in [-0.25, -0.2) is 0 Å². The number of amides is 1. The Morgan fingerprint density at radius 2 is 1.94 bits per heavy atom. The molecule has 0 atom stereocenters. The van der Waals surface area contributed by atoms with Crippen molar-refractivity contribution in [3.05, 3.63) is 0 Å². The third-order valence-corrected chi connectivity index (χ3v) is 5.00. The van der Waals surface area contributed by atoms with Gasteiger partial charge in [-0.2, -0.15) is 0 Å². The van der Waals surface area contributed by atoms with Gasteiger partial charge >= 0.3 is 0 Å². The summed E-state index contributed by atoms with van der Waals surface area (Å²) in [6.45, 7) is 1.51. The molecule has 0 aromatic carbocycles. The van der Waals surface area contributed by atoms with Gasteiger partial charge in [0, 0.05) is 13.0 Å². The minimum atomic E-state index is 0.229. The van der Waals surface area contributed by atoms with Crippen molar-refractivity contribution in [2.45, 2.75) is 64.2 Å². The molecule has 3 nitrogen and oxygen atoms in total. The number of rotatable bonds is 7. The average molecular weight is 252 g/mol. The molecule has 0 saturated heterocycles. The summed E-state index contributed by atoms with van der Waals surface area (Å²) in [5, 5.41) is 3.08. The van der Waals surface area contributed by atoms with Gasteiger partial charge in [-0.05, 0) is 43.6 Å². The van der Waals surface area contributed by atoms with Gasteiger partial charge in [0.1, 0.15) is 0 Å². The Bertz CT molecular complexity index is 262. The number of nitrogens with two attached hydrogens (primary N) is 1. The molecule has 0 aliphatic heterocycles. The van der Waals surface area contributed by atoms with E-state index in [2.05, 4.69) is 5.32 Å². The van der Waals surface area contributed by atoms with Crippen LogP contribution in [0.4, 0.5) is 0 Å². The Morgan fingerprint density at radius 1 is 1.22 bits per heavy atom. The smallest absolute Gasteiger partial charge is 0.220 e. The maximum atomic E-state index is 11.8. The van der Waals surface area contributed by atoms with E-state index in [1.165, 1.54) is 51.4 Å². The highest BCUT2D eigenvalue weighted by molar-refractivity contribution is 5.75. The maximum Gasteiger partial charge on any atom is 0.220 e. The van der Waals surface area contributed by atoms with E-state index in [1.807, 2.05) is 0 Å². The first-order valence-corrected chi connectivity index (χ1v) is 7.71. The molecule has 3 heteroatoms. The Morgan fingerprint density at radius 3 is 2.50 bits per heavy atom. The van der Waals surface area contributed by atoms with Gasteiger partial charge in [-0.3, -0.25) is 4.79 Å². The van der Waals surface area contributed by atoms with E-state index < -0.39 is 0 Å². The lowest BCUT2D eigenvalue weighted by Crippen LogP contribution is -2.46. The van der Waals surface area contributed by atoms with Crippen molar-refractivity contribution < 1.29 is 4.79 Å². The number of nitrogens with one attached hydrogen (secondary N) is 1. The highest BCUT2D eigenvalue weighted by Gasteiger charge is 2.35. The van der Waals surface area contributed by atoms with Crippen molar-refractivity contribution in [2.75, 3.05) is 13.1 Å². The van der Waals surface area contributed by atoms with Gasteiger partial charge in [0.15, 0.2) is 0 Å². The Balaban J connectivity index is 1.54. The maximum absolute atomic E-state index is 11.8. The monoisotopic (exact) mass is 252 g/mol. The standard InChI is InChI=1S/C15H28N2O/c16-11-15(9-4-10-15)12-17-14(18)8-3-7-13-5-1-2-6-13/h13H,1-12,16H2,(H,17,18). The zero-order valence-corrected chi connectivity index (χ0v) is 11.5. The second kappa shape index (κ2) is 6.55. The molecule has 0 aromatic heterocycles. The lowest BCUT2D eigenvalue weighted by molar-refractivity contribution is -0.122. The van der Waals surface area contributed by atoms with Crippen LogP contribution >= 0.6 is 0 Å². The molecule has 0 heterocycles. The van der Waals surface area contributed by atoms with E-state index >= 15 is 0 Å². The predicted molar refractivity (Wildman–Crippen MR) is 74.2 cm³/mol. The fourth-order valence-corrected chi connectivity index (χ4v) is 3.35. The largest absolute Gasteiger partial charge is 0.355 e. The summed E-state index contributed by atoms with van der Waals surface area (Å²) in [5.74, 6) is 1.13. The van der Waals surface area contributed by atoms with E-state index in [4.69, 9.17) is 5.73 Å². The summed E-state index contributed by atoms with van der Waals surface area (Å²) in [4.78, 5) is 11.8. The minimum Gasteiger partial charge on any atom is -0.355 e. The first-order valence-electron chi connectivity index (χ1n) is 7.71. The molecular formula is C15H28N2O. The van der Waals surface area contributed by atoms with Crippen LogP contribution in [-0.4, -0.2) is 19.0 Å². The highest BCUT2D eigenvalue weighted by Crippen LogP contribution is 2.39. The van der Waals surface area contributed by atoms with Crippen LogP contribution in [0, 0.1) is 11.3 Å². The van der Waals surface area contributed by atoms with Crippen LogP contribution in [0.5, 0.6) is 0 Å². The normalized spacial score (nSPS) is 22.7. The molecule has 18 heavy (non-hydrogen) atoms. The van der Waals surface area contributed by atoms with Crippen LogP contribution in [-0.2, 0) is 4.79 Å². The zero-order valence-electron chi connectivity index (χ0n) is 11.5. The molecule has 0 bridgehead atoms. The van der Waals surface area contributed by atoms with Crippen molar-refractivity contribution in [3.63, 3.8) is 0 Å². The number of hydrogen-bond acceptors (Lipinski definition) is 2. The van der Waals surface area contributed by atoms with Gasteiger partial charge in [0.25, 0.3) is 0 Å². The fourth-order valence-electron chi connectivity index (χ4n) is 3.35. The van der Waals surface area contributed by atoms with Crippen molar-refractivity contribution in [1.29, 1.82) is 0 Å². The highest BCUT2D eigenvalue weighted by atomic mass is 16.1. The van der Waals surface area contributed by atoms with Crippen molar-refractivity contribution in [3.8, 4) is 0 Å². The van der Waals surface area contributed by atoms with Crippen LogP contribution in [0.1, 0.15) is 64.2 Å². The predicted octanol–water partition coefficient (Wildman–Crippen LogP) is 2.59. The molecule has 2 aliphatic rings. The second-order valence-electron chi connectivity index (χ2n) is 6.38. The summed E-state index contributed by atoms with van der Waals surface area (Å²) >= 11 is 0. The molecular weight excluding hydrogens is 224 g/mol. The summed E-state index contributed by atoms with van der Waals surface area (Å²) in [5.41, 5.74) is 6.02. The molecule has 2 saturated carbocycles. The molecule has 0 aromatic rings. The van der Waals surface area contributed by atoms with Gasteiger partial charge in [-0.15, -0.1) is 0 Å². The SMILES string of the molecule is NCC1(CNC(=O)CCCC2CCCC2)CCC1. The zero-order chi connectivity index (χ0) is 12.8. The lowest BCUT2D eigenvalue weighted by Gasteiger charge is -2.41. The molecule has 1 amide bonds. The first-order chi connectivity index (χ1) is 8.74. The number of carbonyl (C=O) groups is 1. The molecule has 2 fully saturated rings. The van der Waals surface area contributed by atoms with Gasteiger partial charge in [-0.1, -0.05) is 32.1 Å². The minimum absolute atomic E-state index is 0.229. The lowest BCUT2D eigenvalue weighted by atomic mass is 9.69. The molecule has 0 unspecified atom stereocenters. The third kappa shape index (κ3) is 3.71. The molecule has 2 rings (SSSR count). The van der Waals surface area contributed by atoms with Crippen LogP contribution < -0.4 is 11.1 Å². The molecule has 0 spiro atoms. The van der Waals surface area contributed by atoms with E-state index in [0.717, 1.165) is 25.4 Å². The molecule has 2 aliphatic carbocycles. The quantitative estimate of drug-likeness (QED) is 0.731. The summed E-state index contributed by atoms with van der Waals surface area (Å²) in [7, 11) is 0. The summed E-state index contributed by atoms with van der Waals surface area (Å²) in [6, 6.07) is 0. The number of hydrogen-bond donors (Lipinski definition) is 2. The second-order valence-corrected chi connectivity index (χ2v) is 6.38. The Labute approximate surface area is 111 Å². The fraction of sp³-hybridized carbons (Fsp3) is 0.933. The van der Waals surface area contributed by atoms with E-state index in [0.29, 0.717) is 6.42 Å². The van der Waals surface area contributed by atoms with Crippen LogP contribution in [0.3, 0.4) is 0 Å². The summed E-state index contributed by atoms with van der Waals surface area (Å²) in [6.07, 6.45) is 12.2. The topological polar surface area (TPSA) is 55.1 Å². The molecule has 104 valence electrons. The van der Waals surface area contributed by atoms with E-state index in [9.17, 15) is 4.79 Å². The van der Waals surface area contributed by atoms with Crippen LogP contribution in [0.25, 0.3) is 0 Å². The van der Waals surface area contributed by atoms with E-state index in [1.54, 1.807) is 0 Å². The van der Waals surface area contributed by atoms with Gasteiger partial charge in [0.05, 0.1) is 0 Å². The first kappa shape index (κ1) is 13.9. The molecule has 3 N–H and O–H groups in total. The van der Waals surface area contributed by atoms with Crippen molar-refractivity contribution >= 4 is 5.91 Å². The average Bonchev–Trinajstić information content (AvgIpc) is 2.81. The van der Waals surface area contributed by atoms with Crippen molar-refractivity contribution in [1.82, 2.24) is 5.32 Å². The Kier molecular flexibility index (Phi) is 5.04. The third-order valence-electron chi connectivity index (χ3n) is 5.00. The Hall–Kier alpha value is -0.570. The molecule has 0 radical (unpaired) electrons. The van der Waals surface area contributed by atoms with E-state index in [-0.39, 0.29) is 11.3 Å². The van der Waals surface area contributed by atoms with Gasteiger partial charge < -0.3 is 11.1 Å². The van der Waals surface area contributed by atoms with Crippen LogP contribution in [0.2, 0.25) is 0 Å². The van der Waals surface area contributed by atoms with Gasteiger partial charge in [0.2, 0.25) is 5.91 Å². The van der Waals surface area contributed by atoms with Crippen molar-refractivity contribution in [2.24, 2.45) is 17.1 Å².